The molecule has 1 aliphatic rings. The summed E-state index contributed by atoms with van der Waals surface area (Å²) in [4.78, 5) is 15.4. The number of nitrogens with zero attached hydrogens (tertiary/aromatic N) is 4. The Morgan fingerprint density at radius 2 is 1.76 bits per heavy atom. The minimum atomic E-state index is -0.207. The predicted molar refractivity (Wildman–Crippen MR) is 127 cm³/mol. The fourth-order valence-corrected chi connectivity index (χ4v) is 4.71. The summed E-state index contributed by atoms with van der Waals surface area (Å²) in [6.45, 7) is 0.398. The molecule has 7 nitrogen and oxygen atoms in total. The maximum atomic E-state index is 13.6. The molecule has 1 atom stereocenters. The van der Waals surface area contributed by atoms with Crippen molar-refractivity contribution in [2.24, 2.45) is 0 Å². The fraction of sp³-hybridized carbons (Fsp3) is 0.160. The third-order valence-electron chi connectivity index (χ3n) is 5.47. The number of para-hydroxylation sites is 4. The van der Waals surface area contributed by atoms with Gasteiger partial charge in [0.2, 0.25) is 5.91 Å². The molecular weight excluding hydrogens is 436 g/mol. The van der Waals surface area contributed by atoms with Crippen LogP contribution in [-0.4, -0.2) is 40.1 Å². The van der Waals surface area contributed by atoms with Crippen LogP contribution in [0.1, 0.15) is 11.6 Å². The van der Waals surface area contributed by atoms with Crippen LogP contribution in [0.5, 0.6) is 11.5 Å². The van der Waals surface area contributed by atoms with Gasteiger partial charge in [0.05, 0.1) is 30.3 Å². The van der Waals surface area contributed by atoms with Crippen LogP contribution in [0.2, 0.25) is 0 Å². The maximum Gasteiger partial charge on any atom is 0.238 e. The van der Waals surface area contributed by atoms with Gasteiger partial charge < -0.3 is 9.47 Å². The van der Waals surface area contributed by atoms with Crippen molar-refractivity contribution in [2.45, 2.75) is 11.2 Å². The van der Waals surface area contributed by atoms with E-state index in [1.807, 2.05) is 88.3 Å². The molecule has 0 saturated carbocycles. The van der Waals surface area contributed by atoms with E-state index in [1.54, 1.807) is 13.4 Å². The van der Waals surface area contributed by atoms with Crippen LogP contribution >= 0.6 is 11.8 Å². The lowest BCUT2D eigenvalue weighted by atomic mass is 10.0. The van der Waals surface area contributed by atoms with Gasteiger partial charge in [-0.1, -0.05) is 66.4 Å². The summed E-state index contributed by atoms with van der Waals surface area (Å²) >= 11 is 1.34. The lowest BCUT2D eigenvalue weighted by Crippen LogP contribution is -2.42. The standard InChI is InChI=1S/C25H22N4O3S/c1-31-22-13-7-5-11-19(22)28-17-26-27-25(28)33-16-24(30)29-20-12-6-8-14-23(20)32-15-21(29)18-9-3-2-4-10-18/h2-14,17,21H,15-16H2,1H3/t21-/m1/s1. The number of methoxy groups -OCH3 is 1. The molecule has 0 N–H and O–H groups in total. The highest BCUT2D eigenvalue weighted by molar-refractivity contribution is 7.99. The summed E-state index contributed by atoms with van der Waals surface area (Å²) in [6.07, 6.45) is 1.63. The van der Waals surface area contributed by atoms with E-state index in [0.29, 0.717) is 23.3 Å². The van der Waals surface area contributed by atoms with E-state index in [0.717, 1.165) is 16.9 Å². The Morgan fingerprint density at radius 1 is 1.03 bits per heavy atom. The van der Waals surface area contributed by atoms with Crippen molar-refractivity contribution < 1.29 is 14.3 Å². The highest BCUT2D eigenvalue weighted by Gasteiger charge is 2.33. The quantitative estimate of drug-likeness (QED) is 0.395. The van der Waals surface area contributed by atoms with Crippen LogP contribution in [0.25, 0.3) is 5.69 Å². The lowest BCUT2D eigenvalue weighted by molar-refractivity contribution is -0.117. The molecular formula is C25H22N4O3S. The Balaban J connectivity index is 1.42. The number of ether oxygens (including phenoxy) is 2. The average Bonchev–Trinajstić information content (AvgIpc) is 3.35. The molecule has 4 aromatic rings. The molecule has 33 heavy (non-hydrogen) atoms. The predicted octanol–water partition coefficient (Wildman–Crippen LogP) is 4.53. The number of fused-ring (bicyclic) bond motifs is 1. The van der Waals surface area contributed by atoms with E-state index in [4.69, 9.17) is 9.47 Å². The maximum absolute atomic E-state index is 13.6. The molecule has 0 spiro atoms. The molecule has 2 heterocycles. The molecule has 0 aliphatic carbocycles. The third-order valence-corrected chi connectivity index (χ3v) is 6.40. The van der Waals surface area contributed by atoms with Crippen LogP contribution in [0, 0.1) is 0 Å². The van der Waals surface area contributed by atoms with Crippen molar-refractivity contribution in [3.05, 3.63) is 90.8 Å². The van der Waals surface area contributed by atoms with Gasteiger partial charge in [-0.2, -0.15) is 0 Å². The van der Waals surface area contributed by atoms with Crippen molar-refractivity contribution >= 4 is 23.4 Å². The first-order chi connectivity index (χ1) is 16.3. The van der Waals surface area contributed by atoms with Crippen LogP contribution < -0.4 is 14.4 Å². The lowest BCUT2D eigenvalue weighted by Gasteiger charge is -2.37. The summed E-state index contributed by atoms with van der Waals surface area (Å²) in [5.74, 6) is 1.59. The monoisotopic (exact) mass is 458 g/mol. The number of rotatable bonds is 6. The Hall–Kier alpha value is -3.78. The number of hydrogen-bond donors (Lipinski definition) is 0. The number of aromatic nitrogens is 3. The SMILES string of the molecule is COc1ccccc1-n1cnnc1SCC(=O)N1c2ccccc2OC[C@@H]1c1ccccc1. The smallest absolute Gasteiger partial charge is 0.238 e. The van der Waals surface area contributed by atoms with Gasteiger partial charge in [-0.25, -0.2) is 0 Å². The number of carbonyl (C=O) groups excluding carboxylic acids is 1. The second kappa shape index (κ2) is 9.38. The topological polar surface area (TPSA) is 69.5 Å². The Bertz CT molecular complexity index is 1260. The summed E-state index contributed by atoms with van der Waals surface area (Å²) in [5, 5.41) is 8.90. The van der Waals surface area contributed by atoms with Crippen molar-refractivity contribution in [1.29, 1.82) is 0 Å². The van der Waals surface area contributed by atoms with Gasteiger partial charge >= 0.3 is 0 Å². The first-order valence-electron chi connectivity index (χ1n) is 10.5. The molecule has 0 unspecified atom stereocenters. The third kappa shape index (κ3) is 4.17. The second-order valence-corrected chi connectivity index (χ2v) is 8.36. The minimum absolute atomic E-state index is 0.0285. The number of thioether (sulfide) groups is 1. The fourth-order valence-electron chi connectivity index (χ4n) is 3.93. The van der Waals surface area contributed by atoms with E-state index >= 15 is 0 Å². The van der Waals surface area contributed by atoms with E-state index in [2.05, 4.69) is 10.2 Å². The molecule has 0 saturated heterocycles. The Kier molecular flexibility index (Phi) is 5.99. The largest absolute Gasteiger partial charge is 0.495 e. The van der Waals surface area contributed by atoms with Crippen LogP contribution in [0.4, 0.5) is 5.69 Å². The van der Waals surface area contributed by atoms with Crippen LogP contribution in [0.15, 0.2) is 90.3 Å². The Morgan fingerprint density at radius 3 is 2.58 bits per heavy atom. The zero-order chi connectivity index (χ0) is 22.6. The minimum Gasteiger partial charge on any atom is -0.495 e. The van der Waals surface area contributed by atoms with Gasteiger partial charge in [0.15, 0.2) is 5.16 Å². The molecule has 1 amide bonds. The van der Waals surface area contributed by atoms with Crippen molar-refractivity contribution in [3.8, 4) is 17.2 Å². The molecule has 3 aromatic carbocycles. The average molecular weight is 459 g/mol. The van der Waals surface area contributed by atoms with E-state index in [-0.39, 0.29) is 17.7 Å². The second-order valence-electron chi connectivity index (χ2n) is 7.41. The van der Waals surface area contributed by atoms with E-state index in [1.165, 1.54) is 11.8 Å². The number of benzene rings is 3. The normalized spacial score (nSPS) is 14.9. The zero-order valence-corrected chi connectivity index (χ0v) is 18.8. The van der Waals surface area contributed by atoms with E-state index in [9.17, 15) is 4.79 Å². The number of amides is 1. The van der Waals surface area contributed by atoms with Gasteiger partial charge in [0.1, 0.15) is 24.4 Å². The highest BCUT2D eigenvalue weighted by Crippen LogP contribution is 2.40. The summed E-state index contributed by atoms with van der Waals surface area (Å²) in [7, 11) is 1.62. The van der Waals surface area contributed by atoms with Gasteiger partial charge in [0, 0.05) is 0 Å². The zero-order valence-electron chi connectivity index (χ0n) is 18.0. The molecule has 0 fully saturated rings. The molecule has 1 aliphatic heterocycles. The molecule has 8 heteroatoms. The number of carbonyl (C=O) groups is 1. The van der Waals surface area contributed by atoms with Gasteiger partial charge in [-0.3, -0.25) is 14.3 Å². The van der Waals surface area contributed by atoms with Gasteiger partial charge in [-0.15, -0.1) is 10.2 Å². The first kappa shape index (κ1) is 21.1. The van der Waals surface area contributed by atoms with Crippen molar-refractivity contribution in [2.75, 3.05) is 24.4 Å². The van der Waals surface area contributed by atoms with Crippen LogP contribution in [0.3, 0.4) is 0 Å². The molecule has 1 aromatic heterocycles. The van der Waals surface area contributed by atoms with Gasteiger partial charge in [0.25, 0.3) is 0 Å². The van der Waals surface area contributed by atoms with Gasteiger partial charge in [-0.05, 0) is 29.8 Å². The number of hydrogen-bond acceptors (Lipinski definition) is 6. The summed E-state index contributed by atoms with van der Waals surface area (Å²) < 4.78 is 13.3. The van der Waals surface area contributed by atoms with Crippen LogP contribution in [-0.2, 0) is 4.79 Å². The van der Waals surface area contributed by atoms with Crippen molar-refractivity contribution in [1.82, 2.24) is 14.8 Å². The molecule has 5 rings (SSSR count). The number of anilines is 1. The Labute approximate surface area is 196 Å². The summed E-state index contributed by atoms with van der Waals surface area (Å²) in [6, 6.07) is 25.0. The summed E-state index contributed by atoms with van der Waals surface area (Å²) in [5.41, 5.74) is 2.62. The van der Waals surface area contributed by atoms with Crippen molar-refractivity contribution in [3.63, 3.8) is 0 Å². The highest BCUT2D eigenvalue weighted by atomic mass is 32.2. The molecule has 0 bridgehead atoms. The molecule has 166 valence electrons. The molecule has 0 radical (unpaired) electrons. The van der Waals surface area contributed by atoms with E-state index < -0.39 is 0 Å². The first-order valence-corrected chi connectivity index (χ1v) is 11.5.